The van der Waals surface area contributed by atoms with Gasteiger partial charge in [-0.3, -0.25) is 0 Å². The van der Waals surface area contributed by atoms with Gasteiger partial charge in [-0.1, -0.05) is 0 Å². The van der Waals surface area contributed by atoms with Gasteiger partial charge >= 0.3 is 5.97 Å². The van der Waals surface area contributed by atoms with Gasteiger partial charge < -0.3 is 9.15 Å². The van der Waals surface area contributed by atoms with Gasteiger partial charge in [0.15, 0.2) is 4.67 Å². The summed E-state index contributed by atoms with van der Waals surface area (Å²) in [6, 6.07) is 1.62. The van der Waals surface area contributed by atoms with Crippen LogP contribution in [0.15, 0.2) is 15.2 Å². The molecule has 0 saturated carbocycles. The van der Waals surface area contributed by atoms with Gasteiger partial charge in [-0.15, -0.1) is 0 Å². The number of carbonyl (C=O) groups is 1. The lowest BCUT2D eigenvalue weighted by atomic mass is 10.3. The monoisotopic (exact) mass is 218 g/mol. The lowest BCUT2D eigenvalue weighted by molar-refractivity contribution is 0.0563. The Labute approximate surface area is 72.5 Å². The first-order valence-corrected chi connectivity index (χ1v) is 3.78. The van der Waals surface area contributed by atoms with E-state index in [9.17, 15) is 4.79 Å². The highest BCUT2D eigenvalue weighted by Gasteiger charge is 2.12. The molecular weight excluding hydrogens is 212 g/mol. The van der Waals surface area contributed by atoms with Crippen molar-refractivity contribution in [2.45, 2.75) is 6.92 Å². The normalized spacial score (nSPS) is 9.73. The number of aryl methyl sites for hydroxylation is 1. The molecule has 1 rings (SSSR count). The lowest BCUT2D eigenvalue weighted by Crippen LogP contribution is -1.98. The van der Waals surface area contributed by atoms with Crippen LogP contribution in [0.5, 0.6) is 0 Å². The number of halogens is 1. The highest BCUT2D eigenvalue weighted by atomic mass is 79.9. The van der Waals surface area contributed by atoms with E-state index in [-0.39, 0.29) is 5.76 Å². The summed E-state index contributed by atoms with van der Waals surface area (Å²) in [4.78, 5) is 10.8. The third kappa shape index (κ3) is 1.63. The Bertz CT molecular complexity index is 258. The van der Waals surface area contributed by atoms with Gasteiger partial charge in [0.25, 0.3) is 0 Å². The molecule has 0 bridgehead atoms. The summed E-state index contributed by atoms with van der Waals surface area (Å²) in [6.07, 6.45) is 0. The van der Waals surface area contributed by atoms with Crippen molar-refractivity contribution in [3.63, 3.8) is 0 Å². The number of hydrogen-bond donors (Lipinski definition) is 0. The molecule has 0 radical (unpaired) electrons. The summed E-state index contributed by atoms with van der Waals surface area (Å²) in [5, 5.41) is 0. The summed E-state index contributed by atoms with van der Waals surface area (Å²) in [7, 11) is 1.31. The molecule has 0 aliphatic heterocycles. The smallest absolute Gasteiger partial charge is 0.374 e. The van der Waals surface area contributed by atoms with E-state index in [2.05, 4.69) is 20.7 Å². The molecule has 1 heterocycles. The van der Waals surface area contributed by atoms with E-state index < -0.39 is 5.97 Å². The Morgan fingerprint density at radius 1 is 1.73 bits per heavy atom. The van der Waals surface area contributed by atoms with Gasteiger partial charge in [0, 0.05) is 5.56 Å². The third-order valence-corrected chi connectivity index (χ3v) is 2.03. The van der Waals surface area contributed by atoms with Crippen LogP contribution in [0, 0.1) is 6.92 Å². The van der Waals surface area contributed by atoms with E-state index in [0.29, 0.717) is 4.67 Å². The first-order chi connectivity index (χ1) is 5.15. The highest BCUT2D eigenvalue weighted by molar-refractivity contribution is 9.10. The molecule has 0 spiro atoms. The van der Waals surface area contributed by atoms with Crippen molar-refractivity contribution >= 4 is 21.9 Å². The summed E-state index contributed by atoms with van der Waals surface area (Å²) in [5.41, 5.74) is 0.880. The van der Waals surface area contributed by atoms with Gasteiger partial charge in [-0.2, -0.15) is 0 Å². The quantitative estimate of drug-likeness (QED) is 0.679. The summed E-state index contributed by atoms with van der Waals surface area (Å²) < 4.78 is 10.0. The van der Waals surface area contributed by atoms with E-state index in [1.165, 1.54) is 7.11 Å². The van der Waals surface area contributed by atoms with Crippen molar-refractivity contribution in [2.24, 2.45) is 0 Å². The highest BCUT2D eigenvalue weighted by Crippen LogP contribution is 2.20. The van der Waals surface area contributed by atoms with Crippen LogP contribution in [0.2, 0.25) is 0 Å². The Hall–Kier alpha value is -0.770. The number of carbonyl (C=O) groups excluding carboxylic acids is 1. The van der Waals surface area contributed by atoms with E-state index in [1.54, 1.807) is 6.07 Å². The zero-order valence-electron chi connectivity index (χ0n) is 6.18. The second kappa shape index (κ2) is 3.09. The van der Waals surface area contributed by atoms with Crippen LogP contribution in [0.1, 0.15) is 16.1 Å². The lowest BCUT2D eigenvalue weighted by Gasteiger charge is -1.90. The molecule has 0 aliphatic rings. The van der Waals surface area contributed by atoms with Gasteiger partial charge in [0.05, 0.1) is 7.11 Å². The average Bonchev–Trinajstić information content (AvgIpc) is 2.31. The van der Waals surface area contributed by atoms with E-state index in [4.69, 9.17) is 4.42 Å². The number of ether oxygens (including phenoxy) is 1. The molecule has 0 atom stereocenters. The molecule has 4 heteroatoms. The standard InChI is InChI=1S/C7H7BrO3/c1-4-3-5(7(9)10-2)11-6(4)8/h3H,1-2H3. The summed E-state index contributed by atoms with van der Waals surface area (Å²) in [5.74, 6) is -0.240. The third-order valence-electron chi connectivity index (χ3n) is 1.24. The van der Waals surface area contributed by atoms with Crippen LogP contribution in [-0.2, 0) is 4.74 Å². The van der Waals surface area contributed by atoms with E-state index in [0.717, 1.165) is 5.56 Å². The maximum absolute atomic E-state index is 10.8. The van der Waals surface area contributed by atoms with Crippen molar-refractivity contribution in [1.29, 1.82) is 0 Å². The minimum atomic E-state index is -0.459. The van der Waals surface area contributed by atoms with Gasteiger partial charge in [0.2, 0.25) is 5.76 Å². The molecule has 0 amide bonds. The summed E-state index contributed by atoms with van der Waals surface area (Å²) in [6.45, 7) is 1.83. The SMILES string of the molecule is COC(=O)c1cc(C)c(Br)o1. The second-order valence-corrected chi connectivity index (χ2v) is 2.78. The molecule has 0 fully saturated rings. The number of furan rings is 1. The molecule has 11 heavy (non-hydrogen) atoms. The van der Waals surface area contributed by atoms with E-state index in [1.807, 2.05) is 6.92 Å². The first kappa shape index (κ1) is 8.33. The van der Waals surface area contributed by atoms with Crippen LogP contribution in [0.3, 0.4) is 0 Å². The Morgan fingerprint density at radius 3 is 2.73 bits per heavy atom. The average molecular weight is 219 g/mol. The summed E-state index contributed by atoms with van der Waals surface area (Å²) >= 11 is 3.14. The Morgan fingerprint density at radius 2 is 2.36 bits per heavy atom. The number of esters is 1. The maximum Gasteiger partial charge on any atom is 0.374 e. The van der Waals surface area contributed by atoms with Crippen molar-refractivity contribution in [2.75, 3.05) is 7.11 Å². The van der Waals surface area contributed by atoms with Crippen molar-refractivity contribution in [3.05, 3.63) is 22.1 Å². The molecule has 0 aromatic carbocycles. The van der Waals surface area contributed by atoms with Crippen LogP contribution in [0.25, 0.3) is 0 Å². The van der Waals surface area contributed by atoms with Gasteiger partial charge in [-0.25, -0.2) is 4.79 Å². The fourth-order valence-corrected chi connectivity index (χ4v) is 0.950. The van der Waals surface area contributed by atoms with E-state index >= 15 is 0 Å². The van der Waals surface area contributed by atoms with Crippen LogP contribution in [-0.4, -0.2) is 13.1 Å². The molecule has 0 N–H and O–H groups in total. The Balaban J connectivity index is 2.97. The molecule has 3 nitrogen and oxygen atoms in total. The van der Waals surface area contributed by atoms with Gasteiger partial charge in [-0.05, 0) is 28.9 Å². The fraction of sp³-hybridized carbons (Fsp3) is 0.286. The molecular formula is C7H7BrO3. The van der Waals surface area contributed by atoms with Crippen molar-refractivity contribution < 1.29 is 13.9 Å². The zero-order chi connectivity index (χ0) is 8.43. The number of rotatable bonds is 1. The first-order valence-electron chi connectivity index (χ1n) is 2.99. The number of hydrogen-bond acceptors (Lipinski definition) is 3. The van der Waals surface area contributed by atoms with Crippen LogP contribution < -0.4 is 0 Å². The molecule has 0 saturated heterocycles. The molecule has 1 aromatic heterocycles. The van der Waals surface area contributed by atoms with Crippen LogP contribution in [0.4, 0.5) is 0 Å². The minimum Gasteiger partial charge on any atom is -0.463 e. The second-order valence-electron chi connectivity index (χ2n) is 2.06. The minimum absolute atomic E-state index is 0.219. The number of methoxy groups -OCH3 is 1. The zero-order valence-corrected chi connectivity index (χ0v) is 7.77. The molecule has 1 aromatic rings. The fourth-order valence-electron chi connectivity index (χ4n) is 0.661. The molecule has 60 valence electrons. The largest absolute Gasteiger partial charge is 0.463 e. The van der Waals surface area contributed by atoms with Crippen molar-refractivity contribution in [3.8, 4) is 0 Å². The predicted molar refractivity (Wildman–Crippen MR) is 42.5 cm³/mol. The maximum atomic E-state index is 10.8. The van der Waals surface area contributed by atoms with Crippen molar-refractivity contribution in [1.82, 2.24) is 0 Å². The molecule has 0 aliphatic carbocycles. The van der Waals surface area contributed by atoms with Crippen LogP contribution >= 0.6 is 15.9 Å². The topological polar surface area (TPSA) is 39.4 Å². The predicted octanol–water partition coefficient (Wildman–Crippen LogP) is 2.14. The van der Waals surface area contributed by atoms with Gasteiger partial charge in [0.1, 0.15) is 0 Å². The molecule has 0 unspecified atom stereocenters. The Kier molecular flexibility index (Phi) is 2.34.